The molecule has 0 unspecified atom stereocenters. The Labute approximate surface area is 337 Å². The molecule has 11 rings (SSSR count). The molecule has 272 valence electrons. The average Bonchev–Trinajstić information content (AvgIpc) is 3.67. The van der Waals surface area contributed by atoms with Crippen molar-refractivity contribution in [3.8, 4) is 44.5 Å². The van der Waals surface area contributed by atoms with E-state index in [1.54, 1.807) is 0 Å². The van der Waals surface area contributed by atoms with E-state index in [0.717, 1.165) is 50.1 Å². The van der Waals surface area contributed by atoms with Gasteiger partial charge in [-0.1, -0.05) is 176 Å². The zero-order valence-electron chi connectivity index (χ0n) is 31.7. The van der Waals surface area contributed by atoms with Crippen LogP contribution in [0.1, 0.15) is 0 Å². The van der Waals surface area contributed by atoms with Crippen molar-refractivity contribution in [3.63, 3.8) is 0 Å². The Kier molecular flexibility index (Phi) is 8.19. The second kappa shape index (κ2) is 14.1. The molecule has 1 heterocycles. The summed E-state index contributed by atoms with van der Waals surface area (Å²) in [5, 5.41) is 7.26. The molecule has 0 saturated heterocycles. The molecule has 58 heavy (non-hydrogen) atoms. The van der Waals surface area contributed by atoms with E-state index < -0.39 is 0 Å². The van der Waals surface area contributed by atoms with Crippen LogP contribution in [0.3, 0.4) is 0 Å². The van der Waals surface area contributed by atoms with Crippen molar-refractivity contribution >= 4 is 60.5 Å². The van der Waals surface area contributed by atoms with Crippen LogP contribution in [0.25, 0.3) is 88.0 Å². The summed E-state index contributed by atoms with van der Waals surface area (Å²) in [7, 11) is 0. The van der Waals surface area contributed by atoms with Gasteiger partial charge in [0.05, 0.1) is 0 Å². The van der Waals surface area contributed by atoms with E-state index >= 15 is 0 Å². The number of anilines is 3. The highest BCUT2D eigenvalue weighted by molar-refractivity contribution is 6.06. The van der Waals surface area contributed by atoms with E-state index in [1.165, 1.54) is 54.9 Å². The van der Waals surface area contributed by atoms with Gasteiger partial charge in [-0.3, -0.25) is 0 Å². The van der Waals surface area contributed by atoms with E-state index in [-0.39, 0.29) is 0 Å². The number of rotatable bonds is 7. The lowest BCUT2D eigenvalue weighted by molar-refractivity contribution is 0.669. The van der Waals surface area contributed by atoms with Crippen LogP contribution in [0.15, 0.2) is 229 Å². The number of para-hydroxylation sites is 1. The zero-order chi connectivity index (χ0) is 38.4. The van der Waals surface area contributed by atoms with Gasteiger partial charge in [-0.15, -0.1) is 0 Å². The van der Waals surface area contributed by atoms with Crippen molar-refractivity contribution in [1.82, 2.24) is 0 Å². The molecule has 0 fully saturated rings. The van der Waals surface area contributed by atoms with Crippen molar-refractivity contribution in [2.45, 2.75) is 0 Å². The molecule has 0 bridgehead atoms. The Morgan fingerprint density at radius 2 is 0.707 bits per heavy atom. The molecule has 0 saturated carbocycles. The second-order valence-electron chi connectivity index (χ2n) is 14.9. The molecule has 11 aromatic rings. The summed E-state index contributed by atoms with van der Waals surface area (Å²) in [5.74, 6) is 0. The van der Waals surface area contributed by atoms with Crippen LogP contribution in [-0.2, 0) is 0 Å². The highest BCUT2D eigenvalue weighted by Gasteiger charge is 2.17. The van der Waals surface area contributed by atoms with Crippen molar-refractivity contribution in [2.24, 2.45) is 0 Å². The van der Waals surface area contributed by atoms with Crippen LogP contribution in [0.5, 0.6) is 0 Å². The van der Waals surface area contributed by atoms with Crippen molar-refractivity contribution in [3.05, 3.63) is 224 Å². The Bertz CT molecular complexity index is 3250. The van der Waals surface area contributed by atoms with E-state index in [9.17, 15) is 0 Å². The molecule has 0 amide bonds. The normalized spacial score (nSPS) is 11.4. The van der Waals surface area contributed by atoms with Crippen molar-refractivity contribution < 1.29 is 4.42 Å². The smallest absolute Gasteiger partial charge is 0.137 e. The lowest BCUT2D eigenvalue weighted by Gasteiger charge is -2.26. The topological polar surface area (TPSA) is 16.4 Å². The van der Waals surface area contributed by atoms with Gasteiger partial charge in [0.25, 0.3) is 0 Å². The summed E-state index contributed by atoms with van der Waals surface area (Å²) in [6.07, 6.45) is 0. The van der Waals surface area contributed by atoms with Gasteiger partial charge >= 0.3 is 0 Å². The minimum Gasteiger partial charge on any atom is -0.456 e. The lowest BCUT2D eigenvalue weighted by Crippen LogP contribution is -2.10. The Hall–Kier alpha value is -7.68. The molecule has 2 heteroatoms. The summed E-state index contributed by atoms with van der Waals surface area (Å²) in [6.45, 7) is 0. The molecule has 1 aromatic heterocycles. The quantitative estimate of drug-likeness (QED) is 0.162. The number of benzene rings is 10. The summed E-state index contributed by atoms with van der Waals surface area (Å²) < 4.78 is 6.39. The minimum atomic E-state index is 0.868. The summed E-state index contributed by atoms with van der Waals surface area (Å²) in [5.41, 5.74) is 14.5. The number of nitrogens with zero attached hydrogens (tertiary/aromatic N) is 1. The summed E-state index contributed by atoms with van der Waals surface area (Å²) in [6, 6.07) is 80.7. The first kappa shape index (κ1) is 33.6. The van der Waals surface area contributed by atoms with E-state index in [2.05, 4.69) is 217 Å². The maximum Gasteiger partial charge on any atom is 0.137 e. The number of hydrogen-bond donors (Lipinski definition) is 0. The minimum absolute atomic E-state index is 0.868. The molecule has 2 nitrogen and oxygen atoms in total. The van der Waals surface area contributed by atoms with E-state index in [4.69, 9.17) is 4.42 Å². The van der Waals surface area contributed by atoms with Crippen LogP contribution in [0.4, 0.5) is 17.1 Å². The third kappa shape index (κ3) is 6.00. The van der Waals surface area contributed by atoms with Gasteiger partial charge < -0.3 is 9.32 Å². The van der Waals surface area contributed by atoms with E-state index in [0.29, 0.717) is 0 Å². The van der Waals surface area contributed by atoms with Crippen LogP contribution in [0.2, 0.25) is 0 Å². The van der Waals surface area contributed by atoms with Crippen molar-refractivity contribution in [1.29, 1.82) is 0 Å². The van der Waals surface area contributed by atoms with Gasteiger partial charge in [-0.25, -0.2) is 0 Å². The Morgan fingerprint density at radius 3 is 1.34 bits per heavy atom. The first-order chi connectivity index (χ1) is 28.7. The number of fused-ring (bicyclic) bond motifs is 5. The molecule has 0 atom stereocenters. The Morgan fingerprint density at radius 1 is 0.259 bits per heavy atom. The van der Waals surface area contributed by atoms with Gasteiger partial charge in [0.1, 0.15) is 11.2 Å². The van der Waals surface area contributed by atoms with Crippen LogP contribution in [-0.4, -0.2) is 0 Å². The number of furan rings is 1. The summed E-state index contributed by atoms with van der Waals surface area (Å²) >= 11 is 0. The first-order valence-electron chi connectivity index (χ1n) is 19.8. The second-order valence-corrected chi connectivity index (χ2v) is 14.9. The van der Waals surface area contributed by atoms with Gasteiger partial charge in [-0.05, 0) is 109 Å². The van der Waals surface area contributed by atoms with Crippen LogP contribution < -0.4 is 4.90 Å². The highest BCUT2D eigenvalue weighted by Crippen LogP contribution is 2.41. The van der Waals surface area contributed by atoms with Gasteiger partial charge in [-0.2, -0.15) is 0 Å². The standard InChI is InChI=1S/C56H37NO/c1-3-16-49-41(10-1)12-8-19-51(49)43-28-26-39(27-29-43)38-22-24-40(25-23-38)45-14-7-15-47(36-45)57(48-34-35-54-53-18-5-6-21-55(53)58-56(54)37-48)46-32-30-44(31-33-46)52-20-9-13-42-11-2-4-17-50(42)52/h1-37H. The molecule has 0 aliphatic heterocycles. The molecule has 0 aliphatic rings. The predicted molar refractivity (Wildman–Crippen MR) is 245 cm³/mol. The van der Waals surface area contributed by atoms with Crippen LogP contribution >= 0.6 is 0 Å². The molecule has 0 spiro atoms. The third-order valence-electron chi connectivity index (χ3n) is 11.5. The summed E-state index contributed by atoms with van der Waals surface area (Å²) in [4.78, 5) is 2.33. The fraction of sp³-hybridized carbons (Fsp3) is 0. The maximum atomic E-state index is 6.39. The highest BCUT2D eigenvalue weighted by atomic mass is 16.3. The molecular weight excluding hydrogens is 703 g/mol. The molecule has 0 radical (unpaired) electrons. The van der Waals surface area contributed by atoms with Crippen molar-refractivity contribution in [2.75, 3.05) is 4.90 Å². The lowest BCUT2D eigenvalue weighted by atomic mass is 9.95. The molecule has 0 aliphatic carbocycles. The SMILES string of the molecule is c1cc(-c2ccc(-c3ccc(-c4cccc5ccccc45)cc3)cc2)cc(N(c2ccc(-c3cccc4ccccc34)cc2)c2ccc3c(c2)oc2ccccc23)c1. The van der Waals surface area contributed by atoms with E-state index in [1.807, 2.05) is 12.1 Å². The molecule has 10 aromatic carbocycles. The fourth-order valence-electron chi connectivity index (χ4n) is 8.57. The number of hydrogen-bond acceptors (Lipinski definition) is 2. The molecule has 0 N–H and O–H groups in total. The maximum absolute atomic E-state index is 6.39. The third-order valence-corrected chi connectivity index (χ3v) is 11.5. The van der Waals surface area contributed by atoms with Gasteiger partial charge in [0.2, 0.25) is 0 Å². The Balaban J connectivity index is 0.943. The monoisotopic (exact) mass is 739 g/mol. The predicted octanol–water partition coefficient (Wildman–Crippen LogP) is 16.0. The zero-order valence-corrected chi connectivity index (χ0v) is 31.7. The van der Waals surface area contributed by atoms with Gasteiger partial charge in [0, 0.05) is 33.9 Å². The fourth-order valence-corrected chi connectivity index (χ4v) is 8.57. The first-order valence-corrected chi connectivity index (χ1v) is 19.8. The average molecular weight is 740 g/mol. The van der Waals surface area contributed by atoms with Crippen LogP contribution in [0, 0.1) is 0 Å². The molecular formula is C56H37NO. The largest absolute Gasteiger partial charge is 0.456 e. The van der Waals surface area contributed by atoms with Gasteiger partial charge in [0.15, 0.2) is 0 Å².